The molecule has 0 fully saturated rings. The van der Waals surface area contributed by atoms with E-state index in [1.165, 1.54) is 0 Å². The zero-order valence-electron chi connectivity index (χ0n) is 14.2. The molecule has 0 amide bonds. The molecule has 0 saturated heterocycles. The molecule has 1 heterocycles. The Morgan fingerprint density at radius 2 is 2.04 bits per heavy atom. The number of aryl methyl sites for hydroxylation is 3. The maximum absolute atomic E-state index is 12.7. The normalized spacial score (nSPS) is 20.8. The van der Waals surface area contributed by atoms with Crippen molar-refractivity contribution in [1.29, 1.82) is 0 Å². The molecule has 0 bridgehead atoms. The van der Waals surface area contributed by atoms with E-state index in [0.717, 1.165) is 24.0 Å². The maximum Gasteiger partial charge on any atom is 0.244 e. The molecule has 0 radical (unpaired) electrons. The van der Waals surface area contributed by atoms with Crippen LogP contribution in [0.15, 0.2) is 29.2 Å². The number of sulfonamides is 1. The van der Waals surface area contributed by atoms with Gasteiger partial charge in [0, 0.05) is 13.6 Å². The first-order chi connectivity index (χ1) is 11.2. The van der Waals surface area contributed by atoms with Crippen molar-refractivity contribution >= 4 is 10.0 Å². The lowest BCUT2D eigenvalue weighted by molar-refractivity contribution is 0.0243. The van der Waals surface area contributed by atoms with Crippen molar-refractivity contribution in [1.82, 2.24) is 14.5 Å². The van der Waals surface area contributed by atoms with Crippen LogP contribution in [0.3, 0.4) is 0 Å². The van der Waals surface area contributed by atoms with Crippen molar-refractivity contribution in [3.05, 3.63) is 46.8 Å². The molecule has 1 atom stereocenters. The molecule has 1 aliphatic rings. The number of nitrogens with one attached hydrogen (secondary N) is 1. The van der Waals surface area contributed by atoms with E-state index in [0.29, 0.717) is 17.8 Å². The van der Waals surface area contributed by atoms with Crippen molar-refractivity contribution in [2.75, 3.05) is 6.54 Å². The third-order valence-corrected chi connectivity index (χ3v) is 6.47. The minimum absolute atomic E-state index is 0.0415. The number of hydrogen-bond donors (Lipinski definition) is 2. The highest BCUT2D eigenvalue weighted by Gasteiger charge is 2.36. The van der Waals surface area contributed by atoms with Gasteiger partial charge in [-0.25, -0.2) is 13.1 Å². The SMILES string of the molecule is Cc1nn(C)c(C)c1S(=O)(=O)NCC1(O)CCCc2ccccc21. The Morgan fingerprint density at radius 1 is 1.33 bits per heavy atom. The van der Waals surface area contributed by atoms with Gasteiger partial charge in [0.25, 0.3) is 0 Å². The zero-order valence-corrected chi connectivity index (χ0v) is 15.0. The van der Waals surface area contributed by atoms with Gasteiger partial charge in [0.15, 0.2) is 0 Å². The quantitative estimate of drug-likeness (QED) is 0.877. The molecular weight excluding hydrogens is 326 g/mol. The van der Waals surface area contributed by atoms with Crippen LogP contribution in [0.1, 0.15) is 35.4 Å². The van der Waals surface area contributed by atoms with Crippen molar-refractivity contribution in [2.45, 2.75) is 43.6 Å². The highest BCUT2D eigenvalue weighted by atomic mass is 32.2. The molecule has 0 spiro atoms. The molecule has 1 unspecified atom stereocenters. The third-order valence-electron chi connectivity index (χ3n) is 4.82. The molecular formula is C17H23N3O3S. The molecule has 2 N–H and O–H groups in total. The second kappa shape index (κ2) is 5.98. The van der Waals surface area contributed by atoms with Gasteiger partial charge in [0.2, 0.25) is 10.0 Å². The van der Waals surface area contributed by atoms with E-state index in [1.54, 1.807) is 25.6 Å². The monoisotopic (exact) mass is 349 g/mol. The minimum atomic E-state index is -3.73. The van der Waals surface area contributed by atoms with Gasteiger partial charge >= 0.3 is 0 Å². The molecule has 1 aromatic carbocycles. The van der Waals surface area contributed by atoms with Crippen LogP contribution < -0.4 is 4.72 Å². The smallest absolute Gasteiger partial charge is 0.244 e. The van der Waals surface area contributed by atoms with Crippen molar-refractivity contribution in [3.63, 3.8) is 0 Å². The summed E-state index contributed by atoms with van der Waals surface area (Å²) >= 11 is 0. The Bertz CT molecular complexity index is 873. The van der Waals surface area contributed by atoms with Gasteiger partial charge in [-0.05, 0) is 44.2 Å². The van der Waals surface area contributed by atoms with Crippen LogP contribution >= 0.6 is 0 Å². The van der Waals surface area contributed by atoms with Gasteiger partial charge in [-0.15, -0.1) is 0 Å². The van der Waals surface area contributed by atoms with Crippen LogP contribution in [-0.4, -0.2) is 29.8 Å². The lowest BCUT2D eigenvalue weighted by atomic mass is 9.79. The molecule has 130 valence electrons. The van der Waals surface area contributed by atoms with Gasteiger partial charge in [-0.3, -0.25) is 4.68 Å². The Morgan fingerprint density at radius 3 is 2.71 bits per heavy atom. The number of hydrogen-bond acceptors (Lipinski definition) is 4. The van der Waals surface area contributed by atoms with Gasteiger partial charge in [-0.2, -0.15) is 5.10 Å². The summed E-state index contributed by atoms with van der Waals surface area (Å²) in [4.78, 5) is 0.192. The van der Waals surface area contributed by atoms with Crippen LogP contribution in [0.5, 0.6) is 0 Å². The molecule has 3 rings (SSSR count). The van der Waals surface area contributed by atoms with Crippen LogP contribution in [-0.2, 0) is 29.1 Å². The van der Waals surface area contributed by atoms with E-state index in [-0.39, 0.29) is 11.4 Å². The lowest BCUT2D eigenvalue weighted by Crippen LogP contribution is -2.43. The number of aromatic nitrogens is 2. The Hall–Kier alpha value is -1.70. The van der Waals surface area contributed by atoms with E-state index >= 15 is 0 Å². The number of rotatable bonds is 4. The Balaban J connectivity index is 1.88. The molecule has 7 heteroatoms. The fourth-order valence-corrected chi connectivity index (χ4v) is 5.04. The largest absolute Gasteiger partial charge is 0.384 e. The summed E-state index contributed by atoms with van der Waals surface area (Å²) in [7, 11) is -2.02. The summed E-state index contributed by atoms with van der Waals surface area (Å²) < 4.78 is 29.6. The van der Waals surface area contributed by atoms with Crippen molar-refractivity contribution in [2.24, 2.45) is 7.05 Å². The summed E-state index contributed by atoms with van der Waals surface area (Å²) in [5, 5.41) is 15.2. The first-order valence-corrected chi connectivity index (χ1v) is 9.53. The number of fused-ring (bicyclic) bond motifs is 1. The summed E-state index contributed by atoms with van der Waals surface area (Å²) in [5.41, 5.74) is 1.76. The first kappa shape index (κ1) is 17.1. The maximum atomic E-state index is 12.7. The van der Waals surface area contributed by atoms with E-state index in [4.69, 9.17) is 0 Å². The summed E-state index contributed by atoms with van der Waals surface area (Å²) in [6.45, 7) is 3.35. The number of nitrogens with zero attached hydrogens (tertiary/aromatic N) is 2. The minimum Gasteiger partial charge on any atom is -0.384 e. The number of benzene rings is 1. The summed E-state index contributed by atoms with van der Waals surface area (Å²) in [6.07, 6.45) is 2.28. The van der Waals surface area contributed by atoms with E-state index in [1.807, 2.05) is 24.3 Å². The molecule has 0 aliphatic heterocycles. The van der Waals surface area contributed by atoms with E-state index in [9.17, 15) is 13.5 Å². The molecule has 6 nitrogen and oxygen atoms in total. The average Bonchev–Trinajstić information content (AvgIpc) is 2.79. The number of aliphatic hydroxyl groups is 1. The van der Waals surface area contributed by atoms with E-state index < -0.39 is 15.6 Å². The fraction of sp³-hybridized carbons (Fsp3) is 0.471. The van der Waals surface area contributed by atoms with Crippen LogP contribution in [0, 0.1) is 13.8 Å². The zero-order chi connectivity index (χ0) is 17.5. The van der Waals surface area contributed by atoms with Crippen molar-refractivity contribution < 1.29 is 13.5 Å². The Labute approximate surface area is 142 Å². The van der Waals surface area contributed by atoms with Gasteiger partial charge in [-0.1, -0.05) is 24.3 Å². The van der Waals surface area contributed by atoms with Gasteiger partial charge in [0.1, 0.15) is 10.5 Å². The topological polar surface area (TPSA) is 84.2 Å². The van der Waals surface area contributed by atoms with Crippen LogP contribution in [0.25, 0.3) is 0 Å². The molecule has 2 aromatic rings. The fourth-order valence-electron chi connectivity index (χ4n) is 3.51. The first-order valence-electron chi connectivity index (χ1n) is 8.05. The Kier molecular flexibility index (Phi) is 4.27. The summed E-state index contributed by atoms with van der Waals surface area (Å²) in [6, 6.07) is 7.68. The second-order valence-corrected chi connectivity index (χ2v) is 8.19. The van der Waals surface area contributed by atoms with Gasteiger partial charge < -0.3 is 5.11 Å². The summed E-state index contributed by atoms with van der Waals surface area (Å²) in [5.74, 6) is 0. The van der Waals surface area contributed by atoms with Gasteiger partial charge in [0.05, 0.1) is 11.4 Å². The predicted molar refractivity (Wildman–Crippen MR) is 91.1 cm³/mol. The van der Waals surface area contributed by atoms with Crippen LogP contribution in [0.4, 0.5) is 0 Å². The molecule has 0 saturated carbocycles. The van der Waals surface area contributed by atoms with Crippen LogP contribution in [0.2, 0.25) is 0 Å². The predicted octanol–water partition coefficient (Wildman–Crippen LogP) is 1.54. The second-order valence-electron chi connectivity index (χ2n) is 6.49. The van der Waals surface area contributed by atoms with Crippen molar-refractivity contribution in [3.8, 4) is 0 Å². The average molecular weight is 349 g/mol. The highest BCUT2D eigenvalue weighted by Crippen LogP contribution is 2.35. The molecule has 1 aromatic heterocycles. The molecule has 24 heavy (non-hydrogen) atoms. The van der Waals surface area contributed by atoms with E-state index in [2.05, 4.69) is 9.82 Å². The lowest BCUT2D eigenvalue weighted by Gasteiger charge is -2.34. The standard InChI is InChI=1S/C17H23N3O3S/c1-12-16(13(2)20(3)19-12)24(22,23)18-11-17(21)10-6-8-14-7-4-5-9-15(14)17/h4-5,7,9,18,21H,6,8,10-11H2,1-3H3. The third kappa shape index (κ3) is 2.87. The molecule has 1 aliphatic carbocycles. The highest BCUT2D eigenvalue weighted by molar-refractivity contribution is 7.89.